The molecule has 4 amide bonds. The standard InChI is InChI=1S/C42H75N7O10S2/c1-8-13-29(35(53)40(58)43-9-2)45-38(56)32-22-42(60-20-21-61-42)23-49(32)41(59)34(28-14-11-10-12-15-28)48-39(57)33(24(3)4)47-37(55)31(19-17-26(6)51)46-36(54)30(44-27(7)52)18-16-25(5)50/h24,28-35,37-38,40,43,45,47,53,55-56,58H,8-23H2,1-7H3,(H,44,52)(H,46,54)(H,48,57)/t29?,30?,31?,32-,33?,34?,35+,37+,38-,40-/m0/s1. The molecule has 2 aliphatic heterocycles. The van der Waals surface area contributed by atoms with Crippen LogP contribution in [0.3, 0.4) is 0 Å². The largest absolute Gasteiger partial charge is 0.387 e. The quantitative estimate of drug-likeness (QED) is 0.0541. The number of carbonyl (C=O) groups is 6. The molecule has 0 radical (unpaired) electrons. The lowest BCUT2D eigenvalue weighted by molar-refractivity contribution is -0.142. The number of ketones is 2. The lowest BCUT2D eigenvalue weighted by Gasteiger charge is -2.38. The Labute approximate surface area is 370 Å². The number of nitrogens with zero attached hydrogens (tertiary/aromatic N) is 1. The number of aliphatic hydroxyl groups is 4. The zero-order chi connectivity index (χ0) is 45.4. The minimum absolute atomic E-state index is 0.00285. The summed E-state index contributed by atoms with van der Waals surface area (Å²) in [4.78, 5) is 80.3. The van der Waals surface area contributed by atoms with Crippen molar-refractivity contribution in [2.45, 2.75) is 191 Å². The van der Waals surface area contributed by atoms with Crippen molar-refractivity contribution in [2.75, 3.05) is 24.6 Å². The smallest absolute Gasteiger partial charge is 0.245 e. The summed E-state index contributed by atoms with van der Waals surface area (Å²) in [5, 5.41) is 62.4. The first kappa shape index (κ1) is 53.0. The number of likely N-dealkylation sites (N-methyl/N-ethyl adjacent to an activating group) is 1. The van der Waals surface area contributed by atoms with E-state index in [0.29, 0.717) is 45.2 Å². The van der Waals surface area contributed by atoms with E-state index in [0.717, 1.165) is 30.8 Å². The van der Waals surface area contributed by atoms with E-state index in [-0.39, 0.29) is 53.2 Å². The Morgan fingerprint density at radius 3 is 1.93 bits per heavy atom. The molecule has 1 aliphatic carbocycles. The number of Topliss-reactive ketones (excluding diaryl/α,β-unsaturated/α-hetero) is 2. The van der Waals surface area contributed by atoms with Crippen molar-refractivity contribution in [1.29, 1.82) is 0 Å². The summed E-state index contributed by atoms with van der Waals surface area (Å²) in [6.45, 7) is 12.1. The van der Waals surface area contributed by atoms with Crippen molar-refractivity contribution in [3.05, 3.63) is 0 Å². The van der Waals surface area contributed by atoms with Crippen LogP contribution in [-0.4, -0.2) is 150 Å². The van der Waals surface area contributed by atoms with Crippen LogP contribution in [0.25, 0.3) is 0 Å². The molecule has 3 aliphatic rings. The van der Waals surface area contributed by atoms with Gasteiger partial charge in [0, 0.05) is 43.9 Å². The fourth-order valence-electron chi connectivity index (χ4n) is 8.60. The predicted molar refractivity (Wildman–Crippen MR) is 237 cm³/mol. The molecule has 0 aromatic carbocycles. The molecular formula is C42H75N7O10S2. The van der Waals surface area contributed by atoms with Gasteiger partial charge in [-0.05, 0) is 70.8 Å². The van der Waals surface area contributed by atoms with Crippen LogP contribution in [0.15, 0.2) is 0 Å². The zero-order valence-electron chi connectivity index (χ0n) is 37.2. The molecule has 19 heteroatoms. The molecule has 3 rings (SSSR count). The SMILES string of the molecule is CCCC(N[C@@H](O)[C@@H]1CC2(CN1C(=O)C(NC(=O)C(N[C@H](O)C(CCC(C)=O)NC(=O)C(CCC(C)=O)NC(C)=O)C(C)C)C1CCCCC1)SCCS2)[C@@H](O)[C@H](O)NCC. The van der Waals surface area contributed by atoms with E-state index in [1.165, 1.54) is 20.8 Å². The van der Waals surface area contributed by atoms with Crippen molar-refractivity contribution < 1.29 is 49.2 Å². The predicted octanol–water partition coefficient (Wildman–Crippen LogP) is 0.855. The molecule has 5 unspecified atom stereocenters. The summed E-state index contributed by atoms with van der Waals surface area (Å²) >= 11 is 3.52. The first-order valence-electron chi connectivity index (χ1n) is 22.3. The molecular weight excluding hydrogens is 827 g/mol. The van der Waals surface area contributed by atoms with Gasteiger partial charge in [-0.25, -0.2) is 0 Å². The molecule has 10 N–H and O–H groups in total. The number of carbonyl (C=O) groups excluding carboxylic acids is 6. The lowest BCUT2D eigenvalue weighted by Crippen LogP contribution is -2.63. The van der Waals surface area contributed by atoms with Gasteiger partial charge < -0.3 is 50.9 Å². The molecule has 2 heterocycles. The molecule has 1 saturated carbocycles. The Balaban J connectivity index is 1.90. The second kappa shape index (κ2) is 25.8. The Morgan fingerprint density at radius 2 is 1.38 bits per heavy atom. The monoisotopic (exact) mass is 902 g/mol. The second-order valence-electron chi connectivity index (χ2n) is 17.4. The van der Waals surface area contributed by atoms with Gasteiger partial charge in [0.2, 0.25) is 23.6 Å². The van der Waals surface area contributed by atoms with Crippen LogP contribution in [0.1, 0.15) is 126 Å². The van der Waals surface area contributed by atoms with Gasteiger partial charge in [0.25, 0.3) is 0 Å². The zero-order valence-corrected chi connectivity index (χ0v) is 38.9. The van der Waals surface area contributed by atoms with E-state index in [2.05, 4.69) is 31.9 Å². The van der Waals surface area contributed by atoms with E-state index in [1.807, 2.05) is 13.8 Å². The highest BCUT2D eigenvalue weighted by molar-refractivity contribution is 8.21. The highest BCUT2D eigenvalue weighted by atomic mass is 32.2. The lowest BCUT2D eigenvalue weighted by atomic mass is 9.83. The van der Waals surface area contributed by atoms with E-state index in [9.17, 15) is 44.4 Å². The average Bonchev–Trinajstić information content (AvgIpc) is 3.84. The van der Waals surface area contributed by atoms with E-state index >= 15 is 4.79 Å². The molecule has 1 spiro atoms. The second-order valence-corrected chi connectivity index (χ2v) is 20.6. The summed E-state index contributed by atoms with van der Waals surface area (Å²) in [6, 6.07) is -5.51. The number of thioether (sulfide) groups is 2. The fraction of sp³-hybridized carbons (Fsp3) is 0.857. The Bertz CT molecular complexity index is 1450. The van der Waals surface area contributed by atoms with Gasteiger partial charge in [0.15, 0.2) is 0 Å². The van der Waals surface area contributed by atoms with Crippen molar-refractivity contribution in [3.8, 4) is 0 Å². The minimum Gasteiger partial charge on any atom is -0.387 e. The van der Waals surface area contributed by atoms with Crippen LogP contribution in [0.5, 0.6) is 0 Å². The van der Waals surface area contributed by atoms with Crippen LogP contribution < -0.4 is 31.9 Å². The molecule has 350 valence electrons. The summed E-state index contributed by atoms with van der Waals surface area (Å²) < 4.78 is -0.358. The number of nitrogens with one attached hydrogen (secondary N) is 6. The van der Waals surface area contributed by atoms with Crippen molar-refractivity contribution in [3.63, 3.8) is 0 Å². The Hall–Kier alpha value is -2.36. The van der Waals surface area contributed by atoms with Crippen molar-refractivity contribution in [1.82, 2.24) is 36.8 Å². The summed E-state index contributed by atoms with van der Waals surface area (Å²) in [7, 11) is 0. The number of aliphatic hydroxyl groups excluding tert-OH is 4. The van der Waals surface area contributed by atoms with Gasteiger partial charge in [-0.1, -0.05) is 53.4 Å². The third-order valence-electron chi connectivity index (χ3n) is 11.9. The van der Waals surface area contributed by atoms with Crippen LogP contribution in [0, 0.1) is 11.8 Å². The third kappa shape index (κ3) is 16.3. The van der Waals surface area contributed by atoms with Crippen LogP contribution in [0.2, 0.25) is 0 Å². The van der Waals surface area contributed by atoms with Gasteiger partial charge in [-0.15, -0.1) is 23.5 Å². The van der Waals surface area contributed by atoms with Gasteiger partial charge in [-0.3, -0.25) is 35.1 Å². The first-order chi connectivity index (χ1) is 28.8. The highest BCUT2D eigenvalue weighted by Crippen LogP contribution is 2.52. The number of hydrogen-bond acceptors (Lipinski definition) is 15. The summed E-state index contributed by atoms with van der Waals surface area (Å²) in [5.41, 5.74) is 0. The Morgan fingerprint density at radius 1 is 0.754 bits per heavy atom. The number of likely N-dealkylation sites (tertiary alicyclic amines) is 1. The minimum atomic E-state index is -1.53. The highest BCUT2D eigenvalue weighted by Gasteiger charge is 2.53. The van der Waals surface area contributed by atoms with Gasteiger partial charge in [0.1, 0.15) is 48.4 Å². The topological polar surface area (TPSA) is 259 Å². The van der Waals surface area contributed by atoms with E-state index in [1.54, 1.807) is 42.3 Å². The third-order valence-corrected chi connectivity index (χ3v) is 15.3. The average molecular weight is 902 g/mol. The molecule has 3 fully saturated rings. The van der Waals surface area contributed by atoms with Crippen LogP contribution in [0.4, 0.5) is 0 Å². The molecule has 10 atom stereocenters. The maximum atomic E-state index is 15.1. The molecule has 0 bridgehead atoms. The normalized spacial score (nSPS) is 22.4. The first-order valence-corrected chi connectivity index (χ1v) is 24.2. The molecule has 61 heavy (non-hydrogen) atoms. The fourth-order valence-corrected chi connectivity index (χ4v) is 11.9. The van der Waals surface area contributed by atoms with Crippen molar-refractivity contribution >= 4 is 58.7 Å². The van der Waals surface area contributed by atoms with Crippen LogP contribution >= 0.6 is 23.5 Å². The maximum Gasteiger partial charge on any atom is 0.245 e. The maximum absolute atomic E-state index is 15.1. The summed E-state index contributed by atoms with van der Waals surface area (Å²) in [5.74, 6) is -1.18. The van der Waals surface area contributed by atoms with Crippen molar-refractivity contribution in [2.24, 2.45) is 11.8 Å². The van der Waals surface area contributed by atoms with Gasteiger partial charge >= 0.3 is 0 Å². The van der Waals surface area contributed by atoms with Gasteiger partial charge in [0.05, 0.1) is 22.2 Å². The molecule has 0 aromatic rings. The number of hydrogen-bond donors (Lipinski definition) is 10. The van der Waals surface area contributed by atoms with E-state index < -0.39 is 84.7 Å². The molecule has 17 nitrogen and oxygen atoms in total. The van der Waals surface area contributed by atoms with E-state index in [4.69, 9.17) is 0 Å². The number of rotatable bonds is 26. The van der Waals surface area contributed by atoms with Gasteiger partial charge in [-0.2, -0.15) is 0 Å². The Kier molecular flexibility index (Phi) is 22.4. The molecule has 0 aromatic heterocycles. The summed E-state index contributed by atoms with van der Waals surface area (Å²) in [6.07, 6.45) is 0.633. The number of amides is 4. The van der Waals surface area contributed by atoms with Crippen LogP contribution in [-0.2, 0) is 28.8 Å². The molecule has 2 saturated heterocycles.